The summed E-state index contributed by atoms with van der Waals surface area (Å²) in [5.41, 5.74) is 0. The Bertz CT molecular complexity index is 583. The third-order valence-corrected chi connectivity index (χ3v) is 4.01. The van der Waals surface area contributed by atoms with E-state index >= 15 is 0 Å². The van der Waals surface area contributed by atoms with Crippen molar-refractivity contribution in [3.05, 3.63) is 60.7 Å². The molecule has 0 aliphatic rings. The van der Waals surface area contributed by atoms with Crippen LogP contribution in [0.5, 0.6) is 11.5 Å². The van der Waals surface area contributed by atoms with E-state index in [9.17, 15) is 8.77 Å². The predicted molar refractivity (Wildman–Crippen MR) is 72.3 cm³/mol. The molecule has 2 aromatic rings. The zero-order chi connectivity index (χ0) is 13.6. The van der Waals surface area contributed by atoms with Crippen LogP contribution in [0.1, 0.15) is 0 Å². The summed E-state index contributed by atoms with van der Waals surface area (Å²) < 4.78 is 36.6. The van der Waals surface area contributed by atoms with Crippen molar-refractivity contribution in [2.24, 2.45) is 4.13 Å². The van der Waals surface area contributed by atoms with Gasteiger partial charge in [0.15, 0.2) is 0 Å². The highest BCUT2D eigenvalue weighted by Gasteiger charge is 2.28. The van der Waals surface area contributed by atoms with E-state index < -0.39 is 7.75 Å². The summed E-state index contributed by atoms with van der Waals surface area (Å²) in [4.78, 5) is 0. The number of hydrogen-bond acceptors (Lipinski definition) is 4. The molecule has 0 saturated heterocycles. The molecule has 0 aliphatic carbocycles. The van der Waals surface area contributed by atoms with Crippen LogP contribution in [0.25, 0.3) is 0 Å². The molecule has 0 fully saturated rings. The molecule has 5 nitrogen and oxygen atoms in total. The number of para-hydroxylation sites is 2. The lowest BCUT2D eigenvalue weighted by atomic mass is 10.3. The molecule has 0 heterocycles. The summed E-state index contributed by atoms with van der Waals surface area (Å²) in [6.45, 7) is 0. The van der Waals surface area contributed by atoms with Crippen LogP contribution in [0.3, 0.4) is 0 Å². The molecular weight excluding hydrogens is 285 g/mol. The molecule has 0 atom stereocenters. The summed E-state index contributed by atoms with van der Waals surface area (Å²) in [6, 6.07) is 16.8. The Labute approximate surface area is 114 Å². The SMILES string of the molecule is O=S=NP(=O)(Oc1ccccc1)Oc1ccccc1. The van der Waals surface area contributed by atoms with E-state index in [1.54, 1.807) is 60.7 Å². The Morgan fingerprint density at radius 3 is 1.63 bits per heavy atom. The van der Waals surface area contributed by atoms with Gasteiger partial charge < -0.3 is 9.05 Å². The minimum atomic E-state index is -3.89. The minimum absolute atomic E-state index is 0.191. The van der Waals surface area contributed by atoms with Gasteiger partial charge in [0.25, 0.3) is 0 Å². The van der Waals surface area contributed by atoms with E-state index in [0.29, 0.717) is 11.5 Å². The predicted octanol–water partition coefficient (Wildman–Crippen LogP) is 3.65. The van der Waals surface area contributed by atoms with E-state index in [0.717, 1.165) is 0 Å². The molecule has 0 spiro atoms. The van der Waals surface area contributed by atoms with Gasteiger partial charge in [0.2, 0.25) is 11.5 Å². The number of benzene rings is 2. The average Bonchev–Trinajstić information content (AvgIpc) is 2.41. The first-order valence-corrected chi connectivity index (χ1v) is 7.52. The molecule has 0 aliphatic heterocycles. The molecule has 0 aromatic heterocycles. The molecule has 19 heavy (non-hydrogen) atoms. The topological polar surface area (TPSA) is 65.0 Å². The van der Waals surface area contributed by atoms with Crippen molar-refractivity contribution in [1.29, 1.82) is 0 Å². The lowest BCUT2D eigenvalue weighted by Crippen LogP contribution is -1.98. The van der Waals surface area contributed by atoms with Gasteiger partial charge in [-0.05, 0) is 24.3 Å². The molecule has 0 bridgehead atoms. The van der Waals surface area contributed by atoms with E-state index in [-0.39, 0.29) is 11.5 Å². The molecular formula is C12H10NO4PS. The molecule has 0 amide bonds. The average molecular weight is 295 g/mol. The highest BCUT2D eigenvalue weighted by atomic mass is 32.1. The number of rotatable bonds is 5. The van der Waals surface area contributed by atoms with Gasteiger partial charge in [-0.25, -0.2) is 4.57 Å². The third-order valence-electron chi connectivity index (χ3n) is 2.06. The second-order valence-corrected chi connectivity index (χ2v) is 5.54. The third kappa shape index (κ3) is 4.05. The summed E-state index contributed by atoms with van der Waals surface area (Å²) in [6.07, 6.45) is 0. The molecule has 0 radical (unpaired) electrons. The fourth-order valence-electron chi connectivity index (χ4n) is 1.32. The van der Waals surface area contributed by atoms with Gasteiger partial charge in [0.05, 0.1) is 0 Å². The van der Waals surface area contributed by atoms with Crippen molar-refractivity contribution in [3.63, 3.8) is 0 Å². The maximum absolute atomic E-state index is 12.3. The zero-order valence-electron chi connectivity index (χ0n) is 9.71. The van der Waals surface area contributed by atoms with Crippen LogP contribution in [0.15, 0.2) is 64.8 Å². The zero-order valence-corrected chi connectivity index (χ0v) is 11.4. The Morgan fingerprint density at radius 2 is 1.26 bits per heavy atom. The Balaban J connectivity index is 2.23. The molecule has 98 valence electrons. The van der Waals surface area contributed by atoms with Gasteiger partial charge in [-0.2, -0.15) is 4.21 Å². The van der Waals surface area contributed by atoms with E-state index in [1.165, 1.54) is 0 Å². The largest absolute Gasteiger partial charge is 0.576 e. The van der Waals surface area contributed by atoms with E-state index in [4.69, 9.17) is 9.05 Å². The smallest absolute Gasteiger partial charge is 0.399 e. The Morgan fingerprint density at radius 1 is 0.842 bits per heavy atom. The number of nitrogens with zero attached hydrogens (tertiary/aromatic N) is 1. The molecule has 0 N–H and O–H groups in total. The van der Waals surface area contributed by atoms with Crippen molar-refractivity contribution in [1.82, 2.24) is 0 Å². The lowest BCUT2D eigenvalue weighted by Gasteiger charge is -2.13. The fraction of sp³-hybridized carbons (Fsp3) is 0. The van der Waals surface area contributed by atoms with Crippen molar-refractivity contribution in [2.75, 3.05) is 0 Å². The Kier molecular flexibility index (Phi) is 4.49. The Hall–Kier alpha value is -1.91. The van der Waals surface area contributed by atoms with Crippen LogP contribution in [0.4, 0.5) is 0 Å². The molecule has 0 unspecified atom stereocenters. The molecule has 2 aromatic carbocycles. The highest BCUT2D eigenvalue weighted by Crippen LogP contribution is 2.49. The van der Waals surface area contributed by atoms with Crippen molar-refractivity contribution in [3.8, 4) is 11.5 Å². The van der Waals surface area contributed by atoms with Crippen LogP contribution in [0, 0.1) is 0 Å². The monoisotopic (exact) mass is 295 g/mol. The minimum Gasteiger partial charge on any atom is -0.399 e. The summed E-state index contributed by atoms with van der Waals surface area (Å²) >= 11 is -0.191. The molecule has 0 saturated carbocycles. The summed E-state index contributed by atoms with van der Waals surface area (Å²) in [7, 11) is -3.89. The number of hydrogen-bond donors (Lipinski definition) is 0. The first kappa shape index (κ1) is 13.5. The lowest BCUT2D eigenvalue weighted by molar-refractivity contribution is 0.388. The molecule has 2 rings (SSSR count). The highest BCUT2D eigenvalue weighted by molar-refractivity contribution is 7.66. The van der Waals surface area contributed by atoms with Gasteiger partial charge in [-0.15, -0.1) is 0 Å². The fourth-order valence-corrected chi connectivity index (χ4v) is 2.73. The normalized spacial score (nSPS) is 10.5. The maximum Gasteiger partial charge on any atom is 0.576 e. The molecule has 7 heteroatoms. The van der Waals surface area contributed by atoms with Gasteiger partial charge in [0, 0.05) is 0 Å². The van der Waals surface area contributed by atoms with E-state index in [1.807, 2.05) is 0 Å². The van der Waals surface area contributed by atoms with Gasteiger partial charge in [0.1, 0.15) is 11.5 Å². The van der Waals surface area contributed by atoms with Crippen LogP contribution in [-0.2, 0) is 16.0 Å². The van der Waals surface area contributed by atoms with Crippen LogP contribution in [-0.4, -0.2) is 4.21 Å². The quantitative estimate of drug-likeness (QED) is 0.790. The van der Waals surface area contributed by atoms with Crippen LogP contribution in [0.2, 0.25) is 0 Å². The second-order valence-electron chi connectivity index (χ2n) is 3.43. The second kappa shape index (κ2) is 6.31. The summed E-state index contributed by atoms with van der Waals surface area (Å²) in [5.74, 6) is 0.638. The standard InChI is InChI=1S/C12H10NO4PS/c14-18(13-19-15,16-11-7-3-1-4-8-11)17-12-9-5-2-6-10-12/h1-10H. The van der Waals surface area contributed by atoms with Crippen molar-refractivity contribution in [2.45, 2.75) is 0 Å². The first-order valence-electron chi connectivity index (χ1n) is 5.33. The van der Waals surface area contributed by atoms with Crippen molar-refractivity contribution < 1.29 is 17.8 Å². The van der Waals surface area contributed by atoms with Crippen LogP contribution >= 0.6 is 7.75 Å². The van der Waals surface area contributed by atoms with Gasteiger partial charge in [-0.1, -0.05) is 40.5 Å². The maximum atomic E-state index is 12.3. The summed E-state index contributed by atoms with van der Waals surface area (Å²) in [5, 5.41) is 0. The first-order chi connectivity index (χ1) is 9.22. The van der Waals surface area contributed by atoms with Gasteiger partial charge >= 0.3 is 7.75 Å². The van der Waals surface area contributed by atoms with Crippen molar-refractivity contribution >= 4 is 19.2 Å². The van der Waals surface area contributed by atoms with Gasteiger partial charge in [-0.3, -0.25) is 0 Å². The van der Waals surface area contributed by atoms with Crippen LogP contribution < -0.4 is 9.05 Å². The van der Waals surface area contributed by atoms with E-state index in [2.05, 4.69) is 4.13 Å².